The molecule has 0 aliphatic rings. The summed E-state index contributed by atoms with van der Waals surface area (Å²) < 4.78 is 0. The number of aliphatic hydroxyl groups is 1. The summed E-state index contributed by atoms with van der Waals surface area (Å²) in [6.45, 7) is 0. The third kappa shape index (κ3) is 3.22. The topological polar surface area (TPSA) is 37.3 Å². The van der Waals surface area contributed by atoms with Crippen molar-refractivity contribution in [2.45, 2.75) is 16.2 Å². The number of aliphatic hydroxyl groups excluding tert-OH is 1. The van der Waals surface area contributed by atoms with Gasteiger partial charge in [-0.3, -0.25) is 0 Å². The summed E-state index contributed by atoms with van der Waals surface area (Å²) >= 11 is 1.37. The second-order valence-electron chi connectivity index (χ2n) is 3.89. The van der Waals surface area contributed by atoms with Crippen LogP contribution in [0.25, 0.3) is 0 Å². The van der Waals surface area contributed by atoms with Gasteiger partial charge in [-0.1, -0.05) is 48.5 Å². The van der Waals surface area contributed by atoms with E-state index in [-0.39, 0.29) is 0 Å². The smallest absolute Gasteiger partial charge is 0.136 e. The standard InChI is InChI=1S/C15H14O2S/c16-11-14(18-13-9-5-2-6-10-13)15(17)12-7-3-1-4-8-12/h1-11,14-15,17H/t14-,15-/m1/s1. The van der Waals surface area contributed by atoms with E-state index in [0.29, 0.717) is 0 Å². The van der Waals surface area contributed by atoms with Gasteiger partial charge in [-0.05, 0) is 17.7 Å². The molecule has 1 N–H and O–H groups in total. The second kappa shape index (κ2) is 6.38. The molecule has 0 amide bonds. The van der Waals surface area contributed by atoms with Crippen LogP contribution in [0.5, 0.6) is 0 Å². The number of hydrogen-bond acceptors (Lipinski definition) is 3. The quantitative estimate of drug-likeness (QED) is 0.661. The van der Waals surface area contributed by atoms with Gasteiger partial charge < -0.3 is 9.90 Å². The minimum atomic E-state index is -0.783. The van der Waals surface area contributed by atoms with E-state index < -0.39 is 11.4 Å². The van der Waals surface area contributed by atoms with Crippen molar-refractivity contribution in [2.24, 2.45) is 0 Å². The number of aldehydes is 1. The number of carbonyl (C=O) groups excluding carboxylic acids is 1. The third-order valence-electron chi connectivity index (χ3n) is 2.60. The highest BCUT2D eigenvalue weighted by molar-refractivity contribution is 8.00. The van der Waals surface area contributed by atoms with Gasteiger partial charge >= 0.3 is 0 Å². The normalized spacial score (nSPS) is 13.8. The fraction of sp³-hybridized carbons (Fsp3) is 0.133. The van der Waals surface area contributed by atoms with Gasteiger partial charge in [0.05, 0.1) is 11.4 Å². The number of carbonyl (C=O) groups is 1. The molecule has 0 saturated heterocycles. The molecule has 0 unspecified atom stereocenters. The minimum absolute atomic E-state index is 0.491. The summed E-state index contributed by atoms with van der Waals surface area (Å²) in [6.07, 6.45) is 0.0175. The zero-order chi connectivity index (χ0) is 12.8. The van der Waals surface area contributed by atoms with E-state index in [0.717, 1.165) is 16.7 Å². The second-order valence-corrected chi connectivity index (χ2v) is 5.14. The van der Waals surface area contributed by atoms with Crippen molar-refractivity contribution >= 4 is 18.0 Å². The van der Waals surface area contributed by atoms with Crippen molar-refractivity contribution < 1.29 is 9.90 Å². The Morgan fingerprint density at radius 3 is 2.06 bits per heavy atom. The van der Waals surface area contributed by atoms with Crippen LogP contribution in [0.15, 0.2) is 65.6 Å². The first-order chi connectivity index (χ1) is 8.81. The summed E-state index contributed by atoms with van der Waals surface area (Å²) in [5.74, 6) is 0. The highest BCUT2D eigenvalue weighted by Gasteiger charge is 2.21. The molecular formula is C15H14O2S. The van der Waals surface area contributed by atoms with Crippen LogP contribution in [-0.4, -0.2) is 16.6 Å². The lowest BCUT2D eigenvalue weighted by Crippen LogP contribution is -2.16. The first kappa shape index (κ1) is 12.9. The predicted octanol–water partition coefficient (Wildman–Crippen LogP) is 3.08. The molecule has 0 saturated carbocycles. The average molecular weight is 258 g/mol. The van der Waals surface area contributed by atoms with Gasteiger partial charge in [0.15, 0.2) is 0 Å². The van der Waals surface area contributed by atoms with Crippen molar-refractivity contribution in [1.29, 1.82) is 0 Å². The van der Waals surface area contributed by atoms with Crippen molar-refractivity contribution in [3.8, 4) is 0 Å². The van der Waals surface area contributed by atoms with E-state index in [2.05, 4.69) is 0 Å². The molecule has 0 spiro atoms. The number of thioether (sulfide) groups is 1. The summed E-state index contributed by atoms with van der Waals surface area (Å²) in [5.41, 5.74) is 0.762. The molecule has 2 aromatic rings. The van der Waals surface area contributed by atoms with Gasteiger partial charge in [-0.25, -0.2) is 0 Å². The molecule has 18 heavy (non-hydrogen) atoms. The molecule has 0 heterocycles. The number of benzene rings is 2. The van der Waals surface area contributed by atoms with Gasteiger partial charge in [0.25, 0.3) is 0 Å². The van der Waals surface area contributed by atoms with Crippen molar-refractivity contribution in [3.63, 3.8) is 0 Å². The van der Waals surface area contributed by atoms with Crippen molar-refractivity contribution in [1.82, 2.24) is 0 Å². The van der Waals surface area contributed by atoms with E-state index in [1.165, 1.54) is 11.8 Å². The third-order valence-corrected chi connectivity index (χ3v) is 3.79. The van der Waals surface area contributed by atoms with E-state index in [1.807, 2.05) is 60.7 Å². The summed E-state index contributed by atoms with van der Waals surface area (Å²) in [7, 11) is 0. The molecule has 2 nitrogen and oxygen atoms in total. The van der Waals surface area contributed by atoms with Gasteiger partial charge in [-0.2, -0.15) is 0 Å². The molecule has 0 aliphatic carbocycles. The molecule has 2 aromatic carbocycles. The Morgan fingerprint density at radius 1 is 0.944 bits per heavy atom. The SMILES string of the molecule is O=C[C@@H](Sc1ccccc1)[C@H](O)c1ccccc1. The fourth-order valence-electron chi connectivity index (χ4n) is 1.66. The van der Waals surface area contributed by atoms with E-state index in [1.54, 1.807) is 0 Å². The molecule has 2 atom stereocenters. The van der Waals surface area contributed by atoms with Gasteiger partial charge in [0.1, 0.15) is 6.29 Å². The predicted molar refractivity (Wildman–Crippen MR) is 73.6 cm³/mol. The molecule has 0 bridgehead atoms. The summed E-state index contributed by atoms with van der Waals surface area (Å²) in [6, 6.07) is 18.9. The maximum Gasteiger partial charge on any atom is 0.136 e. The first-order valence-corrected chi connectivity index (χ1v) is 6.59. The Labute approximate surface area is 111 Å². The summed E-state index contributed by atoms with van der Waals surface area (Å²) in [4.78, 5) is 12.1. The average Bonchev–Trinajstić information content (AvgIpc) is 2.46. The van der Waals surface area contributed by atoms with Crippen molar-refractivity contribution in [3.05, 3.63) is 66.2 Å². The number of hydrogen-bond donors (Lipinski definition) is 1. The van der Waals surface area contributed by atoms with Crippen LogP contribution in [0.3, 0.4) is 0 Å². The highest BCUT2D eigenvalue weighted by Crippen LogP contribution is 2.30. The van der Waals surface area contributed by atoms with E-state index in [9.17, 15) is 9.90 Å². The minimum Gasteiger partial charge on any atom is -0.387 e. The molecule has 0 aromatic heterocycles. The van der Waals surface area contributed by atoms with Gasteiger partial charge in [0.2, 0.25) is 0 Å². The zero-order valence-corrected chi connectivity index (χ0v) is 10.6. The zero-order valence-electron chi connectivity index (χ0n) is 9.77. The van der Waals surface area contributed by atoms with Crippen LogP contribution < -0.4 is 0 Å². The molecule has 0 fully saturated rings. The van der Waals surface area contributed by atoms with Crippen LogP contribution >= 0.6 is 11.8 Å². The first-order valence-electron chi connectivity index (χ1n) is 5.71. The molecule has 92 valence electrons. The van der Waals surface area contributed by atoms with E-state index in [4.69, 9.17) is 0 Å². The Morgan fingerprint density at radius 2 is 1.50 bits per heavy atom. The molecular weight excluding hydrogens is 244 g/mol. The largest absolute Gasteiger partial charge is 0.387 e. The Balaban J connectivity index is 2.12. The van der Waals surface area contributed by atoms with Crippen LogP contribution in [0, 0.1) is 0 Å². The van der Waals surface area contributed by atoms with E-state index >= 15 is 0 Å². The fourth-order valence-corrected chi connectivity index (χ4v) is 2.63. The maximum atomic E-state index is 11.1. The molecule has 2 rings (SSSR count). The van der Waals surface area contributed by atoms with Crippen LogP contribution in [-0.2, 0) is 4.79 Å². The van der Waals surface area contributed by atoms with Gasteiger partial charge in [0, 0.05) is 4.90 Å². The van der Waals surface area contributed by atoms with Crippen LogP contribution in [0.1, 0.15) is 11.7 Å². The maximum absolute atomic E-state index is 11.1. The number of rotatable bonds is 5. The lowest BCUT2D eigenvalue weighted by atomic mass is 10.1. The monoisotopic (exact) mass is 258 g/mol. The Bertz CT molecular complexity index is 484. The molecule has 0 aliphatic heterocycles. The van der Waals surface area contributed by atoms with Crippen LogP contribution in [0.4, 0.5) is 0 Å². The Kier molecular flexibility index (Phi) is 4.56. The molecule has 0 radical (unpaired) electrons. The lowest BCUT2D eigenvalue weighted by Gasteiger charge is -2.17. The lowest BCUT2D eigenvalue weighted by molar-refractivity contribution is -0.109. The van der Waals surface area contributed by atoms with Gasteiger partial charge in [-0.15, -0.1) is 11.8 Å². The molecule has 3 heteroatoms. The van der Waals surface area contributed by atoms with Crippen molar-refractivity contribution in [2.75, 3.05) is 0 Å². The highest BCUT2D eigenvalue weighted by atomic mass is 32.2. The van der Waals surface area contributed by atoms with Crippen LogP contribution in [0.2, 0.25) is 0 Å². The Hall–Kier alpha value is -1.58. The summed E-state index contributed by atoms with van der Waals surface area (Å²) in [5, 5.41) is 9.70.